The first-order chi connectivity index (χ1) is 18.0. The fourth-order valence-electron chi connectivity index (χ4n) is 6.45. The molecule has 8 rings (SSSR count). The molecule has 0 radical (unpaired) electrons. The SMILES string of the molecule is Nc1ncnc2ncn([C@H]3c4c(cc5ccc6cccc7c8ccccc8c4c5c67)[C@@H](O)[C@H](O)[C@H]3O)c12. The fourth-order valence-corrected chi connectivity index (χ4v) is 6.45. The average molecular weight is 488 g/mol. The van der Waals surface area contributed by atoms with Gasteiger partial charge in [0.15, 0.2) is 11.5 Å². The Morgan fingerprint density at radius 3 is 2.35 bits per heavy atom. The molecule has 0 spiro atoms. The van der Waals surface area contributed by atoms with Gasteiger partial charge in [-0.1, -0.05) is 54.6 Å². The van der Waals surface area contributed by atoms with Gasteiger partial charge in [0.25, 0.3) is 0 Å². The molecule has 0 amide bonds. The minimum absolute atomic E-state index is 0.222. The van der Waals surface area contributed by atoms with Crippen molar-refractivity contribution in [1.82, 2.24) is 19.5 Å². The van der Waals surface area contributed by atoms with Crippen molar-refractivity contribution in [3.8, 4) is 0 Å². The number of hydrogen-bond donors (Lipinski definition) is 4. The Labute approximate surface area is 209 Å². The highest BCUT2D eigenvalue weighted by molar-refractivity contribution is 6.34. The van der Waals surface area contributed by atoms with Crippen LogP contribution in [0.25, 0.3) is 54.3 Å². The fraction of sp³-hybridized carbons (Fsp3) is 0.138. The lowest BCUT2D eigenvalue weighted by atomic mass is 9.76. The van der Waals surface area contributed by atoms with Gasteiger partial charge in [0, 0.05) is 0 Å². The Hall–Kier alpha value is -4.37. The predicted molar refractivity (Wildman–Crippen MR) is 142 cm³/mol. The Morgan fingerprint density at radius 2 is 1.49 bits per heavy atom. The van der Waals surface area contributed by atoms with Gasteiger partial charge in [-0.05, 0) is 60.3 Å². The standard InChI is InChI=1S/C29H21N5O3/c30-28-24-29(32-11-31-28)33-12-34(24)23-22-18(25(35)27(37)26(23)36)10-14-9-8-13-4-3-7-16-15-5-1-2-6-17(15)21(22)20(14)19(13)16/h1-12,23,25-27,35-37H,(H2,30,31,32)/t23-,25+,26-,27-/m0/s1. The van der Waals surface area contributed by atoms with Gasteiger partial charge in [0.1, 0.15) is 30.2 Å². The lowest BCUT2D eigenvalue weighted by molar-refractivity contribution is -0.0833. The zero-order valence-electron chi connectivity index (χ0n) is 19.4. The minimum atomic E-state index is -1.42. The Bertz CT molecular complexity index is 2030. The van der Waals surface area contributed by atoms with Crippen molar-refractivity contribution < 1.29 is 15.3 Å². The first-order valence-electron chi connectivity index (χ1n) is 12.1. The van der Waals surface area contributed by atoms with E-state index < -0.39 is 24.4 Å². The van der Waals surface area contributed by atoms with Crippen LogP contribution in [0.2, 0.25) is 0 Å². The third-order valence-electron chi connectivity index (χ3n) is 8.01. The van der Waals surface area contributed by atoms with Crippen LogP contribution in [0.1, 0.15) is 23.3 Å². The number of anilines is 1. The summed E-state index contributed by atoms with van der Waals surface area (Å²) in [5, 5.41) is 42.2. The van der Waals surface area contributed by atoms with E-state index in [4.69, 9.17) is 5.73 Å². The molecule has 1 aliphatic carbocycles. The molecule has 5 N–H and O–H groups in total. The molecule has 0 saturated carbocycles. The molecule has 4 atom stereocenters. The third-order valence-corrected chi connectivity index (χ3v) is 8.01. The Kier molecular flexibility index (Phi) is 3.99. The maximum atomic E-state index is 11.5. The van der Waals surface area contributed by atoms with E-state index in [0.29, 0.717) is 16.7 Å². The number of rotatable bonds is 1. The van der Waals surface area contributed by atoms with Crippen molar-refractivity contribution in [2.45, 2.75) is 24.4 Å². The molecule has 0 fully saturated rings. The number of aliphatic hydroxyl groups is 3. The van der Waals surface area contributed by atoms with Crippen LogP contribution in [0.15, 0.2) is 73.3 Å². The summed E-state index contributed by atoms with van der Waals surface area (Å²) in [6, 6.07) is 19.8. The quantitative estimate of drug-likeness (QED) is 0.205. The molecule has 5 aromatic carbocycles. The maximum absolute atomic E-state index is 11.5. The van der Waals surface area contributed by atoms with Crippen LogP contribution >= 0.6 is 0 Å². The van der Waals surface area contributed by atoms with E-state index in [9.17, 15) is 15.3 Å². The molecule has 7 aromatic rings. The summed E-state index contributed by atoms with van der Waals surface area (Å²) >= 11 is 0. The van der Waals surface area contributed by atoms with Gasteiger partial charge in [-0.3, -0.25) is 0 Å². The van der Waals surface area contributed by atoms with Crippen LogP contribution in [-0.2, 0) is 0 Å². The zero-order valence-corrected chi connectivity index (χ0v) is 19.4. The van der Waals surface area contributed by atoms with Gasteiger partial charge in [-0.25, -0.2) is 15.0 Å². The second-order valence-corrected chi connectivity index (χ2v) is 9.82. The number of fused-ring (bicyclic) bond motifs is 6. The van der Waals surface area contributed by atoms with Gasteiger partial charge in [0.05, 0.1) is 12.4 Å². The third kappa shape index (κ3) is 2.54. The molecule has 8 heteroatoms. The second kappa shape index (κ2) is 7.10. The average Bonchev–Trinajstić information content (AvgIpc) is 3.36. The Balaban J connectivity index is 1.63. The highest BCUT2D eigenvalue weighted by Crippen LogP contribution is 2.50. The number of aromatic nitrogens is 4. The van der Waals surface area contributed by atoms with E-state index in [0.717, 1.165) is 48.7 Å². The number of nitrogens with two attached hydrogens (primary N) is 1. The number of nitrogen functional groups attached to an aromatic ring is 1. The zero-order chi connectivity index (χ0) is 25.0. The van der Waals surface area contributed by atoms with Gasteiger partial charge in [-0.2, -0.15) is 0 Å². The molecule has 0 saturated heterocycles. The van der Waals surface area contributed by atoms with Gasteiger partial charge < -0.3 is 25.6 Å². The summed E-state index contributed by atoms with van der Waals surface area (Å²) in [5.74, 6) is 0.222. The topological polar surface area (TPSA) is 130 Å². The van der Waals surface area contributed by atoms with Crippen LogP contribution in [0.5, 0.6) is 0 Å². The summed E-state index contributed by atoms with van der Waals surface area (Å²) in [5.41, 5.74) is 8.41. The van der Waals surface area contributed by atoms with Gasteiger partial charge in [0.2, 0.25) is 0 Å². The first-order valence-corrected chi connectivity index (χ1v) is 12.1. The van der Waals surface area contributed by atoms with E-state index in [1.807, 2.05) is 18.2 Å². The van der Waals surface area contributed by atoms with E-state index in [2.05, 4.69) is 57.4 Å². The molecule has 0 unspecified atom stereocenters. The number of nitrogens with zero attached hydrogens (tertiary/aromatic N) is 4. The highest BCUT2D eigenvalue weighted by atomic mass is 16.4. The number of aliphatic hydroxyl groups excluding tert-OH is 3. The predicted octanol–water partition coefficient (Wildman–Crippen LogP) is 3.82. The summed E-state index contributed by atoms with van der Waals surface area (Å²) in [7, 11) is 0. The Morgan fingerprint density at radius 1 is 0.730 bits per heavy atom. The molecule has 2 aromatic heterocycles. The number of hydrogen-bond acceptors (Lipinski definition) is 7. The maximum Gasteiger partial charge on any atom is 0.182 e. The van der Waals surface area contributed by atoms with Crippen molar-refractivity contribution in [2.24, 2.45) is 0 Å². The van der Waals surface area contributed by atoms with Gasteiger partial charge >= 0.3 is 0 Å². The van der Waals surface area contributed by atoms with Crippen LogP contribution in [0.3, 0.4) is 0 Å². The van der Waals surface area contributed by atoms with E-state index in [-0.39, 0.29) is 5.82 Å². The van der Waals surface area contributed by atoms with Crippen molar-refractivity contribution in [1.29, 1.82) is 0 Å². The second-order valence-electron chi connectivity index (χ2n) is 9.82. The summed E-state index contributed by atoms with van der Waals surface area (Å²) in [6.07, 6.45) is -1.11. The largest absolute Gasteiger partial charge is 0.388 e. The minimum Gasteiger partial charge on any atom is -0.388 e. The molecule has 1 aliphatic rings. The first kappa shape index (κ1) is 20.8. The van der Waals surface area contributed by atoms with Crippen LogP contribution < -0.4 is 5.73 Å². The number of benzene rings is 5. The molecule has 0 aliphatic heterocycles. The van der Waals surface area contributed by atoms with Crippen molar-refractivity contribution in [3.05, 3.63) is 84.4 Å². The molecular weight excluding hydrogens is 466 g/mol. The summed E-state index contributed by atoms with van der Waals surface area (Å²) < 4.78 is 1.73. The van der Waals surface area contributed by atoms with Crippen molar-refractivity contribution >= 4 is 60.1 Å². The summed E-state index contributed by atoms with van der Waals surface area (Å²) in [4.78, 5) is 12.8. The molecule has 2 heterocycles. The van der Waals surface area contributed by atoms with Crippen LogP contribution in [0, 0.1) is 0 Å². The lowest BCUT2D eigenvalue weighted by Gasteiger charge is -2.39. The van der Waals surface area contributed by atoms with Crippen LogP contribution in [0.4, 0.5) is 5.82 Å². The van der Waals surface area contributed by atoms with E-state index in [1.165, 1.54) is 6.33 Å². The van der Waals surface area contributed by atoms with Gasteiger partial charge in [-0.15, -0.1) is 0 Å². The van der Waals surface area contributed by atoms with E-state index >= 15 is 0 Å². The molecule has 0 bridgehead atoms. The van der Waals surface area contributed by atoms with Crippen molar-refractivity contribution in [2.75, 3.05) is 5.73 Å². The summed E-state index contributed by atoms with van der Waals surface area (Å²) in [6.45, 7) is 0. The molecular formula is C29H21N5O3. The number of imidazole rings is 1. The smallest absolute Gasteiger partial charge is 0.182 e. The van der Waals surface area contributed by atoms with Crippen molar-refractivity contribution in [3.63, 3.8) is 0 Å². The van der Waals surface area contributed by atoms with Crippen LogP contribution in [-0.4, -0.2) is 47.0 Å². The lowest BCUT2D eigenvalue weighted by Crippen LogP contribution is -2.44. The monoisotopic (exact) mass is 487 g/mol. The molecule has 180 valence electrons. The van der Waals surface area contributed by atoms with E-state index in [1.54, 1.807) is 10.9 Å². The highest BCUT2D eigenvalue weighted by Gasteiger charge is 2.44. The molecule has 37 heavy (non-hydrogen) atoms. The molecule has 8 nitrogen and oxygen atoms in total. The normalized spacial score (nSPS) is 22.0.